The van der Waals surface area contributed by atoms with Crippen molar-refractivity contribution in [1.82, 2.24) is 0 Å². The second-order valence-electron chi connectivity index (χ2n) is 8.94. The van der Waals surface area contributed by atoms with Gasteiger partial charge in [-0.2, -0.15) is 0 Å². The molecular formula is C31H24N2S. The minimum absolute atomic E-state index is 0.285. The summed E-state index contributed by atoms with van der Waals surface area (Å²) in [7, 11) is 2.04. The summed E-state index contributed by atoms with van der Waals surface area (Å²) in [6, 6.07) is 31.3. The van der Waals surface area contributed by atoms with E-state index in [2.05, 4.69) is 119 Å². The van der Waals surface area contributed by atoms with E-state index in [1.807, 2.05) is 18.4 Å². The molecule has 34 heavy (non-hydrogen) atoms. The van der Waals surface area contributed by atoms with Crippen LogP contribution in [0.15, 0.2) is 109 Å². The van der Waals surface area contributed by atoms with Gasteiger partial charge in [0.25, 0.3) is 0 Å². The van der Waals surface area contributed by atoms with Crippen molar-refractivity contribution >= 4 is 48.6 Å². The van der Waals surface area contributed by atoms with Crippen LogP contribution in [-0.2, 0) is 0 Å². The molecule has 3 heteroatoms. The first kappa shape index (κ1) is 19.6. The predicted octanol–water partition coefficient (Wildman–Crippen LogP) is 8.49. The second-order valence-corrected chi connectivity index (χ2v) is 10.0. The number of nitrogens with zero attached hydrogens (tertiary/aromatic N) is 1. The van der Waals surface area contributed by atoms with E-state index in [0.717, 1.165) is 0 Å². The molecule has 2 atom stereocenters. The highest BCUT2D eigenvalue weighted by atomic mass is 32.1. The van der Waals surface area contributed by atoms with Crippen molar-refractivity contribution in [3.8, 4) is 11.1 Å². The third-order valence-corrected chi connectivity index (χ3v) is 8.34. The van der Waals surface area contributed by atoms with Gasteiger partial charge in [0.1, 0.15) is 0 Å². The van der Waals surface area contributed by atoms with Gasteiger partial charge in [0.2, 0.25) is 0 Å². The van der Waals surface area contributed by atoms with E-state index < -0.39 is 0 Å². The van der Waals surface area contributed by atoms with Crippen LogP contribution in [0, 0.1) is 0 Å². The molecule has 2 nitrogen and oxygen atoms in total. The van der Waals surface area contributed by atoms with Gasteiger partial charge in [-0.15, -0.1) is 11.3 Å². The van der Waals surface area contributed by atoms with Crippen LogP contribution in [0.3, 0.4) is 0 Å². The zero-order valence-electron chi connectivity index (χ0n) is 18.9. The molecule has 0 saturated carbocycles. The van der Waals surface area contributed by atoms with Crippen LogP contribution in [-0.4, -0.2) is 13.1 Å². The number of hydrogen-bond donors (Lipinski definition) is 1. The number of fused-ring (bicyclic) bond motifs is 6. The summed E-state index contributed by atoms with van der Waals surface area (Å²) < 4.78 is 2.65. The van der Waals surface area contributed by atoms with E-state index in [9.17, 15) is 0 Å². The lowest BCUT2D eigenvalue weighted by atomic mass is 9.91. The van der Waals surface area contributed by atoms with Crippen molar-refractivity contribution in [2.75, 3.05) is 17.3 Å². The predicted molar refractivity (Wildman–Crippen MR) is 148 cm³/mol. The Morgan fingerprint density at radius 2 is 1.47 bits per heavy atom. The molecule has 0 spiro atoms. The quantitative estimate of drug-likeness (QED) is 0.293. The number of thiophene rings is 1. The van der Waals surface area contributed by atoms with E-state index in [0.29, 0.717) is 5.92 Å². The Morgan fingerprint density at radius 3 is 2.38 bits per heavy atom. The van der Waals surface area contributed by atoms with Gasteiger partial charge in [-0.05, 0) is 29.8 Å². The molecule has 5 aromatic rings. The Morgan fingerprint density at radius 1 is 0.706 bits per heavy atom. The van der Waals surface area contributed by atoms with Crippen molar-refractivity contribution in [2.24, 2.45) is 0 Å². The Hall–Kier alpha value is -3.82. The highest BCUT2D eigenvalue weighted by molar-refractivity contribution is 7.26. The average molecular weight is 457 g/mol. The maximum absolute atomic E-state index is 3.57. The third-order valence-electron chi connectivity index (χ3n) is 7.21. The molecule has 7 rings (SSSR count). The molecule has 4 aromatic carbocycles. The SMILES string of the molecule is CNc1c(-c2ccccc2N2c3ccccc3C3C=CC=CC32)ccc2sc3ccccc3c12. The van der Waals surface area contributed by atoms with Crippen LogP contribution in [0.1, 0.15) is 11.5 Å². The first-order valence-corrected chi connectivity index (χ1v) is 12.6. The molecule has 0 saturated heterocycles. The summed E-state index contributed by atoms with van der Waals surface area (Å²) >= 11 is 1.86. The first-order chi connectivity index (χ1) is 16.8. The zero-order valence-corrected chi connectivity index (χ0v) is 19.7. The smallest absolute Gasteiger partial charge is 0.0629 e. The van der Waals surface area contributed by atoms with Gasteiger partial charge in [-0.25, -0.2) is 0 Å². The molecule has 0 fully saturated rings. The lowest BCUT2D eigenvalue weighted by Gasteiger charge is -2.31. The number of benzene rings is 4. The summed E-state index contributed by atoms with van der Waals surface area (Å²) in [5, 5.41) is 6.20. The number of nitrogens with one attached hydrogen (secondary N) is 1. The summed E-state index contributed by atoms with van der Waals surface area (Å²) in [6.45, 7) is 0. The van der Waals surface area contributed by atoms with Crippen LogP contribution in [0.2, 0.25) is 0 Å². The highest BCUT2D eigenvalue weighted by Gasteiger charge is 2.38. The van der Waals surface area contributed by atoms with Crippen molar-refractivity contribution < 1.29 is 0 Å². The fraction of sp³-hybridized carbons (Fsp3) is 0.0968. The molecule has 2 aliphatic rings. The standard InChI is InChI=1S/C31H24N2S/c1-32-31-23(18-19-29-30(31)24-13-5-9-17-28(24)34-29)22-12-4-8-16-27(22)33-25-14-6-2-10-20(25)21-11-3-7-15-26(21)33/h2-20,25,32H,1H3. The van der Waals surface area contributed by atoms with Crippen LogP contribution in [0.4, 0.5) is 17.1 Å². The van der Waals surface area contributed by atoms with Crippen molar-refractivity contribution in [1.29, 1.82) is 0 Å². The number of rotatable bonds is 3. The third kappa shape index (κ3) is 2.74. The minimum atomic E-state index is 0.285. The van der Waals surface area contributed by atoms with Crippen LogP contribution in [0.5, 0.6) is 0 Å². The molecule has 0 bridgehead atoms. The Balaban J connectivity index is 1.48. The minimum Gasteiger partial charge on any atom is -0.387 e. The molecule has 2 unspecified atom stereocenters. The molecule has 164 valence electrons. The maximum atomic E-state index is 3.57. The van der Waals surface area contributed by atoms with Gasteiger partial charge in [-0.3, -0.25) is 0 Å². The van der Waals surface area contributed by atoms with Gasteiger partial charge < -0.3 is 10.2 Å². The molecule has 1 aliphatic carbocycles. The van der Waals surface area contributed by atoms with Crippen molar-refractivity contribution in [3.63, 3.8) is 0 Å². The summed E-state index contributed by atoms with van der Waals surface area (Å²) in [4.78, 5) is 2.53. The average Bonchev–Trinajstić information content (AvgIpc) is 3.44. The van der Waals surface area contributed by atoms with E-state index >= 15 is 0 Å². The van der Waals surface area contributed by atoms with Gasteiger partial charge in [0.05, 0.1) is 11.7 Å². The molecule has 0 radical (unpaired) electrons. The van der Waals surface area contributed by atoms with E-state index in [1.165, 1.54) is 53.9 Å². The number of hydrogen-bond acceptors (Lipinski definition) is 3. The maximum Gasteiger partial charge on any atom is 0.0629 e. The number of anilines is 3. The topological polar surface area (TPSA) is 15.3 Å². The van der Waals surface area contributed by atoms with Gasteiger partial charge in [-0.1, -0.05) is 85.0 Å². The Labute approximate surface area is 203 Å². The normalized spacial score (nSPS) is 18.4. The fourth-order valence-corrected chi connectivity index (χ4v) is 6.90. The fourth-order valence-electron chi connectivity index (χ4n) is 5.78. The largest absolute Gasteiger partial charge is 0.387 e. The molecule has 0 amide bonds. The lowest BCUT2D eigenvalue weighted by Crippen LogP contribution is -2.28. The van der Waals surface area contributed by atoms with Crippen LogP contribution in [0.25, 0.3) is 31.3 Å². The van der Waals surface area contributed by atoms with Gasteiger partial charge in [0, 0.05) is 55.6 Å². The lowest BCUT2D eigenvalue weighted by molar-refractivity contribution is 0.745. The Kier molecular flexibility index (Phi) is 4.39. The van der Waals surface area contributed by atoms with E-state index in [4.69, 9.17) is 0 Å². The van der Waals surface area contributed by atoms with Crippen LogP contribution < -0.4 is 10.2 Å². The van der Waals surface area contributed by atoms with Gasteiger partial charge >= 0.3 is 0 Å². The number of allylic oxidation sites excluding steroid dienone is 2. The van der Waals surface area contributed by atoms with Crippen molar-refractivity contribution in [2.45, 2.75) is 12.0 Å². The highest BCUT2D eigenvalue weighted by Crippen LogP contribution is 2.51. The molecule has 1 N–H and O–H groups in total. The summed E-state index contributed by atoms with van der Waals surface area (Å²) in [5.41, 5.74) is 7.64. The van der Waals surface area contributed by atoms with E-state index in [1.54, 1.807) is 0 Å². The Bertz CT molecular complexity index is 1620. The first-order valence-electron chi connectivity index (χ1n) is 11.8. The second kappa shape index (κ2) is 7.61. The monoisotopic (exact) mass is 456 g/mol. The molecule has 2 heterocycles. The van der Waals surface area contributed by atoms with Gasteiger partial charge in [0.15, 0.2) is 0 Å². The zero-order chi connectivity index (χ0) is 22.6. The molecular weight excluding hydrogens is 432 g/mol. The summed E-state index contributed by atoms with van der Waals surface area (Å²) in [5.74, 6) is 0.376. The van der Waals surface area contributed by atoms with Crippen molar-refractivity contribution in [3.05, 3.63) is 115 Å². The summed E-state index contributed by atoms with van der Waals surface area (Å²) in [6.07, 6.45) is 9.05. The molecule has 1 aromatic heterocycles. The number of para-hydroxylation sites is 2. The van der Waals surface area contributed by atoms with Crippen LogP contribution >= 0.6 is 11.3 Å². The van der Waals surface area contributed by atoms with E-state index in [-0.39, 0.29) is 6.04 Å². The molecule has 1 aliphatic heterocycles.